The highest BCUT2D eigenvalue weighted by Crippen LogP contribution is 2.20. The molecule has 0 radical (unpaired) electrons. The number of rotatable bonds is 11. The molecule has 0 saturated heterocycles. The number of benzene rings is 1. The molecule has 164 valence electrons. The van der Waals surface area contributed by atoms with Crippen LogP contribution in [0.15, 0.2) is 47.6 Å². The molecule has 1 aromatic carbocycles. The van der Waals surface area contributed by atoms with Crippen molar-refractivity contribution in [1.82, 2.24) is 15.6 Å². The summed E-state index contributed by atoms with van der Waals surface area (Å²) in [6.45, 7) is 8.60. The van der Waals surface area contributed by atoms with E-state index in [1.54, 1.807) is 18.3 Å². The number of aliphatic hydroxyl groups is 1. The minimum atomic E-state index is -0.309. The van der Waals surface area contributed by atoms with Gasteiger partial charge in [0.25, 0.3) is 0 Å². The maximum absolute atomic E-state index is 13.0. The van der Waals surface area contributed by atoms with Gasteiger partial charge in [-0.15, -0.1) is 0 Å². The lowest BCUT2D eigenvalue weighted by Crippen LogP contribution is -2.40. The average molecular weight is 417 g/mol. The zero-order valence-corrected chi connectivity index (χ0v) is 18.1. The molecule has 1 heterocycles. The molecule has 1 aromatic heterocycles. The molecule has 1 atom stereocenters. The van der Waals surface area contributed by atoms with Gasteiger partial charge in [-0.25, -0.2) is 14.4 Å². The molecule has 0 saturated carbocycles. The molecule has 0 aliphatic heterocycles. The molecule has 7 heteroatoms. The molecule has 0 fully saturated rings. The first kappa shape index (κ1) is 23.6. The molecular weight excluding hydrogens is 383 g/mol. The fraction of sp³-hybridized carbons (Fsp3) is 0.478. The van der Waals surface area contributed by atoms with E-state index in [2.05, 4.69) is 34.5 Å². The van der Waals surface area contributed by atoms with Gasteiger partial charge in [-0.05, 0) is 67.5 Å². The zero-order valence-electron chi connectivity index (χ0n) is 18.1. The molecule has 6 nitrogen and oxygen atoms in total. The number of aliphatic imine (C=N–C) groups is 1. The Balaban J connectivity index is 1.98. The quantitative estimate of drug-likeness (QED) is 0.379. The van der Waals surface area contributed by atoms with E-state index in [4.69, 9.17) is 4.74 Å². The average Bonchev–Trinajstić information content (AvgIpc) is 2.72. The number of guanidine groups is 1. The normalized spacial score (nSPS) is 12.7. The molecule has 0 spiro atoms. The van der Waals surface area contributed by atoms with E-state index in [1.807, 2.05) is 19.1 Å². The van der Waals surface area contributed by atoms with Gasteiger partial charge in [0.2, 0.25) is 5.88 Å². The van der Waals surface area contributed by atoms with E-state index >= 15 is 0 Å². The van der Waals surface area contributed by atoms with Gasteiger partial charge >= 0.3 is 0 Å². The van der Waals surface area contributed by atoms with Crippen molar-refractivity contribution in [3.8, 4) is 11.6 Å². The molecule has 3 N–H and O–H groups in total. The van der Waals surface area contributed by atoms with Crippen LogP contribution in [0.25, 0.3) is 0 Å². The summed E-state index contributed by atoms with van der Waals surface area (Å²) in [5.41, 5.74) is 0.952. The minimum absolute atomic E-state index is 0.195. The van der Waals surface area contributed by atoms with Gasteiger partial charge in [0.15, 0.2) is 5.96 Å². The minimum Gasteiger partial charge on any atom is -0.439 e. The van der Waals surface area contributed by atoms with Crippen LogP contribution in [0.3, 0.4) is 0 Å². The van der Waals surface area contributed by atoms with E-state index < -0.39 is 0 Å². The maximum Gasteiger partial charge on any atom is 0.219 e. The molecule has 0 aliphatic carbocycles. The summed E-state index contributed by atoms with van der Waals surface area (Å²) in [5, 5.41) is 15.9. The number of aliphatic hydroxyl groups excluding tert-OH is 1. The Morgan fingerprint density at radius 3 is 2.63 bits per heavy atom. The first-order valence-electron chi connectivity index (χ1n) is 10.5. The summed E-state index contributed by atoms with van der Waals surface area (Å²) in [7, 11) is 0. The Kier molecular flexibility index (Phi) is 10.1. The number of nitrogens with one attached hydrogen (secondary N) is 2. The summed E-state index contributed by atoms with van der Waals surface area (Å²) in [5.74, 6) is 2.38. The molecule has 0 bridgehead atoms. The van der Waals surface area contributed by atoms with Gasteiger partial charge in [0.05, 0.1) is 6.54 Å². The lowest BCUT2D eigenvalue weighted by Gasteiger charge is -2.20. The van der Waals surface area contributed by atoms with Crippen LogP contribution in [-0.2, 0) is 6.54 Å². The molecular formula is C23H33FN4O2. The SMILES string of the molecule is CCNC(=NCc1ccnc(Oc2ccc(F)cc2)c1)NCC(CCO)CC(C)C. The summed E-state index contributed by atoms with van der Waals surface area (Å²) in [6.07, 6.45) is 3.50. The molecule has 2 aromatic rings. The third-order valence-electron chi connectivity index (χ3n) is 4.50. The first-order chi connectivity index (χ1) is 14.5. The molecule has 1 unspecified atom stereocenters. The highest BCUT2D eigenvalue weighted by atomic mass is 19.1. The predicted molar refractivity (Wildman–Crippen MR) is 118 cm³/mol. The van der Waals surface area contributed by atoms with Gasteiger partial charge < -0.3 is 20.5 Å². The van der Waals surface area contributed by atoms with Crippen molar-refractivity contribution in [2.24, 2.45) is 16.8 Å². The van der Waals surface area contributed by atoms with Gasteiger partial charge in [0, 0.05) is 32.0 Å². The van der Waals surface area contributed by atoms with Crippen molar-refractivity contribution in [3.05, 3.63) is 54.0 Å². The number of ether oxygens (including phenoxy) is 1. The van der Waals surface area contributed by atoms with Crippen LogP contribution in [-0.4, -0.2) is 35.7 Å². The second-order valence-electron chi connectivity index (χ2n) is 7.64. The second-order valence-corrected chi connectivity index (χ2v) is 7.64. The Hall–Kier alpha value is -2.67. The summed E-state index contributed by atoms with van der Waals surface area (Å²) in [6, 6.07) is 9.54. The number of nitrogens with zero attached hydrogens (tertiary/aromatic N) is 2. The van der Waals surface area contributed by atoms with Gasteiger partial charge in [-0.2, -0.15) is 0 Å². The summed E-state index contributed by atoms with van der Waals surface area (Å²) >= 11 is 0. The van der Waals surface area contributed by atoms with E-state index in [0.717, 1.165) is 37.5 Å². The van der Waals surface area contributed by atoms with Crippen molar-refractivity contribution in [2.75, 3.05) is 19.7 Å². The monoisotopic (exact) mass is 416 g/mol. The molecule has 0 aliphatic rings. The van der Waals surface area contributed by atoms with Crippen molar-refractivity contribution >= 4 is 5.96 Å². The maximum atomic E-state index is 13.0. The predicted octanol–water partition coefficient (Wildman–Crippen LogP) is 4.11. The Labute approximate surface area is 178 Å². The van der Waals surface area contributed by atoms with E-state index in [-0.39, 0.29) is 12.4 Å². The summed E-state index contributed by atoms with van der Waals surface area (Å²) < 4.78 is 18.7. The van der Waals surface area contributed by atoms with Crippen LogP contribution < -0.4 is 15.4 Å². The number of halogens is 1. The van der Waals surface area contributed by atoms with Crippen LogP contribution in [0, 0.1) is 17.7 Å². The number of hydrogen-bond acceptors (Lipinski definition) is 4. The first-order valence-corrected chi connectivity index (χ1v) is 10.5. The third-order valence-corrected chi connectivity index (χ3v) is 4.50. The fourth-order valence-electron chi connectivity index (χ4n) is 3.13. The van der Waals surface area contributed by atoms with Crippen molar-refractivity contribution in [1.29, 1.82) is 0 Å². The number of aromatic nitrogens is 1. The topological polar surface area (TPSA) is 78.8 Å². The fourth-order valence-corrected chi connectivity index (χ4v) is 3.13. The van der Waals surface area contributed by atoms with Gasteiger partial charge in [-0.1, -0.05) is 13.8 Å². The van der Waals surface area contributed by atoms with Crippen LogP contribution in [0.4, 0.5) is 4.39 Å². The molecule has 0 amide bonds. The Morgan fingerprint density at radius 2 is 1.97 bits per heavy atom. The summed E-state index contributed by atoms with van der Waals surface area (Å²) in [4.78, 5) is 8.86. The largest absolute Gasteiger partial charge is 0.439 e. The van der Waals surface area contributed by atoms with E-state index in [1.165, 1.54) is 12.1 Å². The highest BCUT2D eigenvalue weighted by Gasteiger charge is 2.11. The number of hydrogen-bond donors (Lipinski definition) is 3. The van der Waals surface area contributed by atoms with Crippen LogP contribution in [0.1, 0.15) is 39.2 Å². The molecule has 30 heavy (non-hydrogen) atoms. The zero-order chi connectivity index (χ0) is 21.8. The van der Waals surface area contributed by atoms with E-state index in [9.17, 15) is 9.50 Å². The van der Waals surface area contributed by atoms with E-state index in [0.29, 0.717) is 30.0 Å². The number of pyridine rings is 1. The van der Waals surface area contributed by atoms with Crippen LogP contribution in [0.2, 0.25) is 0 Å². The Morgan fingerprint density at radius 1 is 1.20 bits per heavy atom. The standard InChI is InChI=1S/C23H33FN4O2/c1-4-25-23(28-16-19(10-12-29)13-17(2)3)27-15-18-9-11-26-22(14-18)30-21-7-5-20(24)6-8-21/h5-9,11,14,17,19,29H,4,10,12-13,15-16H2,1-3H3,(H2,25,27,28). The lowest BCUT2D eigenvalue weighted by molar-refractivity contribution is 0.243. The van der Waals surface area contributed by atoms with Gasteiger partial charge in [-0.3, -0.25) is 0 Å². The molecule has 2 rings (SSSR count). The lowest BCUT2D eigenvalue weighted by atomic mass is 9.94. The van der Waals surface area contributed by atoms with Crippen LogP contribution >= 0.6 is 0 Å². The van der Waals surface area contributed by atoms with Gasteiger partial charge in [0.1, 0.15) is 11.6 Å². The highest BCUT2D eigenvalue weighted by molar-refractivity contribution is 5.79. The Bertz CT molecular complexity index is 781. The second kappa shape index (κ2) is 12.8. The third kappa shape index (κ3) is 8.78. The van der Waals surface area contributed by atoms with Crippen molar-refractivity contribution < 1.29 is 14.2 Å². The van der Waals surface area contributed by atoms with Crippen molar-refractivity contribution in [3.63, 3.8) is 0 Å². The van der Waals surface area contributed by atoms with Crippen LogP contribution in [0.5, 0.6) is 11.6 Å². The van der Waals surface area contributed by atoms with Crippen molar-refractivity contribution in [2.45, 2.75) is 40.2 Å². The smallest absolute Gasteiger partial charge is 0.219 e.